The third-order valence-corrected chi connectivity index (χ3v) is 3.01. The van der Waals surface area contributed by atoms with Crippen molar-refractivity contribution in [3.63, 3.8) is 0 Å². The minimum atomic E-state index is 0.494. The zero-order valence-corrected chi connectivity index (χ0v) is 9.88. The van der Waals surface area contributed by atoms with Gasteiger partial charge in [0.05, 0.1) is 6.26 Å². The van der Waals surface area contributed by atoms with Crippen LogP contribution in [0, 0.1) is 0 Å². The van der Waals surface area contributed by atoms with E-state index in [-0.39, 0.29) is 0 Å². The third-order valence-electron chi connectivity index (χ3n) is 3.01. The number of nitrogens with zero attached hydrogens (tertiary/aromatic N) is 1. The van der Waals surface area contributed by atoms with Gasteiger partial charge in [0.1, 0.15) is 5.76 Å². The van der Waals surface area contributed by atoms with Crippen molar-refractivity contribution in [3.8, 4) is 0 Å². The molecule has 0 aliphatic rings. The van der Waals surface area contributed by atoms with Gasteiger partial charge in [-0.15, -0.1) is 0 Å². The highest BCUT2D eigenvalue weighted by molar-refractivity contribution is 5.16. The summed E-state index contributed by atoms with van der Waals surface area (Å²) in [5, 5.41) is 0. The quantitative estimate of drug-likeness (QED) is 0.830. The van der Waals surface area contributed by atoms with Gasteiger partial charge >= 0.3 is 0 Å². The second kappa shape index (κ2) is 6.21. The van der Waals surface area contributed by atoms with E-state index in [0.29, 0.717) is 12.5 Å². The van der Waals surface area contributed by atoms with Gasteiger partial charge in [0.2, 0.25) is 0 Å². The number of nitrogens with two attached hydrogens (primary N) is 1. The van der Waals surface area contributed by atoms with E-state index in [1.165, 1.54) is 5.56 Å². The number of rotatable bonds is 6. The number of furan rings is 1. The molecule has 3 nitrogen and oxygen atoms in total. The Hall–Kier alpha value is -1.61. The zero-order valence-electron chi connectivity index (χ0n) is 9.88. The van der Waals surface area contributed by atoms with Gasteiger partial charge in [0.15, 0.2) is 0 Å². The van der Waals surface area contributed by atoms with Crippen molar-refractivity contribution in [1.29, 1.82) is 0 Å². The van der Waals surface area contributed by atoms with Crippen LogP contribution in [0.15, 0.2) is 47.3 Å². The summed E-state index contributed by atoms with van der Waals surface area (Å²) >= 11 is 0. The van der Waals surface area contributed by atoms with Crippen molar-refractivity contribution in [1.82, 2.24) is 4.98 Å². The maximum absolute atomic E-state index is 5.68. The standard InChI is InChI=1S/C14H18N2O/c15-8-5-12(13-6-9-16-10-7-13)3-4-14-2-1-11-17-14/h1-2,6-7,9-12H,3-5,8,15H2. The first kappa shape index (κ1) is 11.9. The van der Waals surface area contributed by atoms with Crippen LogP contribution >= 0.6 is 0 Å². The number of pyridine rings is 1. The lowest BCUT2D eigenvalue weighted by Crippen LogP contribution is -2.08. The van der Waals surface area contributed by atoms with Gasteiger partial charge in [-0.1, -0.05) is 0 Å². The van der Waals surface area contributed by atoms with Crippen LogP contribution in [0.4, 0.5) is 0 Å². The fourth-order valence-corrected chi connectivity index (χ4v) is 2.09. The lowest BCUT2D eigenvalue weighted by atomic mass is 9.91. The highest BCUT2D eigenvalue weighted by Gasteiger charge is 2.11. The molecule has 2 heterocycles. The molecule has 0 amide bonds. The van der Waals surface area contributed by atoms with Crippen LogP contribution in [0.1, 0.15) is 30.1 Å². The molecular weight excluding hydrogens is 212 g/mol. The Balaban J connectivity index is 1.98. The molecule has 3 heteroatoms. The second-order valence-electron chi connectivity index (χ2n) is 4.17. The minimum Gasteiger partial charge on any atom is -0.469 e. The van der Waals surface area contributed by atoms with E-state index in [2.05, 4.69) is 17.1 Å². The second-order valence-corrected chi connectivity index (χ2v) is 4.17. The van der Waals surface area contributed by atoms with E-state index < -0.39 is 0 Å². The molecule has 90 valence electrons. The van der Waals surface area contributed by atoms with Gasteiger partial charge in [0.25, 0.3) is 0 Å². The molecular formula is C14H18N2O. The molecule has 0 aromatic carbocycles. The van der Waals surface area contributed by atoms with Crippen molar-refractivity contribution in [2.75, 3.05) is 6.54 Å². The highest BCUT2D eigenvalue weighted by atomic mass is 16.3. The SMILES string of the molecule is NCCC(CCc1ccco1)c1ccncc1. The van der Waals surface area contributed by atoms with Gasteiger partial charge in [-0.05, 0) is 55.1 Å². The van der Waals surface area contributed by atoms with Crippen LogP contribution in [0.25, 0.3) is 0 Å². The molecule has 0 bridgehead atoms. The molecule has 0 aliphatic carbocycles. The molecule has 2 aromatic heterocycles. The minimum absolute atomic E-state index is 0.494. The van der Waals surface area contributed by atoms with Crippen molar-refractivity contribution in [3.05, 3.63) is 54.2 Å². The summed E-state index contributed by atoms with van der Waals surface area (Å²) in [5.41, 5.74) is 6.99. The van der Waals surface area contributed by atoms with Gasteiger partial charge < -0.3 is 10.2 Å². The summed E-state index contributed by atoms with van der Waals surface area (Å²) in [6.45, 7) is 0.713. The fourth-order valence-electron chi connectivity index (χ4n) is 2.09. The van der Waals surface area contributed by atoms with Crippen LogP contribution < -0.4 is 5.73 Å². The molecule has 2 aromatic rings. The lowest BCUT2D eigenvalue weighted by Gasteiger charge is -2.15. The van der Waals surface area contributed by atoms with Crippen LogP contribution in [0.5, 0.6) is 0 Å². The van der Waals surface area contributed by atoms with Gasteiger partial charge in [-0.25, -0.2) is 0 Å². The Labute approximate surface area is 102 Å². The van der Waals surface area contributed by atoms with E-state index in [1.54, 1.807) is 6.26 Å². The molecule has 0 saturated carbocycles. The average Bonchev–Trinajstić information content (AvgIpc) is 2.88. The predicted octanol–water partition coefficient (Wildman–Crippen LogP) is 2.74. The zero-order chi connectivity index (χ0) is 11.9. The topological polar surface area (TPSA) is 52.0 Å². The number of hydrogen-bond acceptors (Lipinski definition) is 3. The number of aryl methyl sites for hydroxylation is 1. The first-order valence-corrected chi connectivity index (χ1v) is 6.02. The van der Waals surface area contributed by atoms with Crippen molar-refractivity contribution >= 4 is 0 Å². The first-order chi connectivity index (χ1) is 8.40. The van der Waals surface area contributed by atoms with E-state index in [9.17, 15) is 0 Å². The monoisotopic (exact) mass is 230 g/mol. The van der Waals surface area contributed by atoms with Crippen LogP contribution in [-0.4, -0.2) is 11.5 Å². The van der Waals surface area contributed by atoms with E-state index in [4.69, 9.17) is 10.2 Å². The summed E-state index contributed by atoms with van der Waals surface area (Å²) < 4.78 is 5.35. The van der Waals surface area contributed by atoms with E-state index in [0.717, 1.165) is 25.0 Å². The normalized spacial score (nSPS) is 12.5. The molecule has 0 saturated heterocycles. The Bertz CT molecular complexity index is 411. The Morgan fingerprint density at radius 3 is 2.65 bits per heavy atom. The molecule has 0 spiro atoms. The fraction of sp³-hybridized carbons (Fsp3) is 0.357. The van der Waals surface area contributed by atoms with Crippen molar-refractivity contribution in [2.45, 2.75) is 25.2 Å². The smallest absolute Gasteiger partial charge is 0.103 e. The Morgan fingerprint density at radius 1 is 1.18 bits per heavy atom. The Morgan fingerprint density at radius 2 is 2.00 bits per heavy atom. The maximum Gasteiger partial charge on any atom is 0.103 e. The molecule has 2 rings (SSSR count). The number of aromatic nitrogens is 1. The van der Waals surface area contributed by atoms with Crippen molar-refractivity contribution < 1.29 is 4.42 Å². The van der Waals surface area contributed by atoms with Gasteiger partial charge in [-0.3, -0.25) is 4.98 Å². The van der Waals surface area contributed by atoms with Crippen LogP contribution in [0.3, 0.4) is 0 Å². The highest BCUT2D eigenvalue weighted by Crippen LogP contribution is 2.24. The lowest BCUT2D eigenvalue weighted by molar-refractivity contribution is 0.479. The Kier molecular flexibility index (Phi) is 4.33. The predicted molar refractivity (Wildman–Crippen MR) is 67.7 cm³/mol. The summed E-state index contributed by atoms with van der Waals surface area (Å²) in [4.78, 5) is 4.05. The largest absolute Gasteiger partial charge is 0.469 e. The average molecular weight is 230 g/mol. The molecule has 17 heavy (non-hydrogen) atoms. The van der Waals surface area contributed by atoms with Crippen molar-refractivity contribution in [2.24, 2.45) is 5.73 Å². The third kappa shape index (κ3) is 3.43. The molecule has 1 atom stereocenters. The maximum atomic E-state index is 5.68. The summed E-state index contributed by atoms with van der Waals surface area (Å²) in [6.07, 6.45) is 8.43. The summed E-state index contributed by atoms with van der Waals surface area (Å²) in [6, 6.07) is 8.09. The molecule has 0 radical (unpaired) electrons. The summed E-state index contributed by atoms with van der Waals surface area (Å²) in [7, 11) is 0. The first-order valence-electron chi connectivity index (χ1n) is 6.02. The van der Waals surface area contributed by atoms with E-state index in [1.807, 2.05) is 24.5 Å². The molecule has 0 fully saturated rings. The molecule has 2 N–H and O–H groups in total. The van der Waals surface area contributed by atoms with Gasteiger partial charge in [0, 0.05) is 18.8 Å². The van der Waals surface area contributed by atoms with Crippen LogP contribution in [0.2, 0.25) is 0 Å². The number of hydrogen-bond donors (Lipinski definition) is 1. The summed E-state index contributed by atoms with van der Waals surface area (Å²) in [5.74, 6) is 1.54. The molecule has 1 unspecified atom stereocenters. The van der Waals surface area contributed by atoms with Crippen LogP contribution in [-0.2, 0) is 6.42 Å². The van der Waals surface area contributed by atoms with E-state index >= 15 is 0 Å². The van der Waals surface area contributed by atoms with Gasteiger partial charge in [-0.2, -0.15) is 0 Å². The molecule has 0 aliphatic heterocycles.